The van der Waals surface area contributed by atoms with E-state index in [2.05, 4.69) is 21.2 Å². The van der Waals surface area contributed by atoms with Crippen molar-refractivity contribution in [3.05, 3.63) is 64.4 Å². The van der Waals surface area contributed by atoms with Gasteiger partial charge in [0.05, 0.1) is 12.3 Å². The van der Waals surface area contributed by atoms with Gasteiger partial charge in [-0.25, -0.2) is 9.18 Å². The van der Waals surface area contributed by atoms with Crippen LogP contribution in [0.2, 0.25) is 0 Å². The number of rotatable bonds is 5. The Bertz CT molecular complexity index is 616. The van der Waals surface area contributed by atoms with E-state index in [4.69, 9.17) is 4.74 Å². The highest BCUT2D eigenvalue weighted by Crippen LogP contribution is 2.24. The topological polar surface area (TPSA) is 38.3 Å². The fourth-order valence-corrected chi connectivity index (χ4v) is 2.16. The van der Waals surface area contributed by atoms with Gasteiger partial charge in [-0.1, -0.05) is 40.2 Å². The average Bonchev–Trinajstić information content (AvgIpc) is 2.48. The summed E-state index contributed by atoms with van der Waals surface area (Å²) in [5, 5.41) is 2.90. The van der Waals surface area contributed by atoms with Crippen molar-refractivity contribution in [2.24, 2.45) is 0 Å². The molecule has 0 aromatic heterocycles. The molecule has 1 atom stereocenters. The van der Waals surface area contributed by atoms with Crippen LogP contribution in [-0.2, 0) is 9.53 Å². The zero-order valence-electron chi connectivity index (χ0n) is 11.5. The van der Waals surface area contributed by atoms with E-state index in [0.29, 0.717) is 5.56 Å². The van der Waals surface area contributed by atoms with Crippen LogP contribution in [0.4, 0.5) is 10.1 Å². The number of para-hydroxylation sites is 1. The lowest BCUT2D eigenvalue weighted by atomic mass is 10.1. The van der Waals surface area contributed by atoms with E-state index in [0.717, 1.165) is 4.47 Å². The largest absolute Gasteiger partial charge is 0.464 e. The van der Waals surface area contributed by atoms with E-state index in [1.165, 1.54) is 6.07 Å². The first-order valence-corrected chi connectivity index (χ1v) is 7.34. The Balaban J connectivity index is 2.30. The van der Waals surface area contributed by atoms with Gasteiger partial charge in [0.25, 0.3) is 0 Å². The van der Waals surface area contributed by atoms with Gasteiger partial charge >= 0.3 is 5.97 Å². The van der Waals surface area contributed by atoms with Crippen LogP contribution in [0, 0.1) is 5.82 Å². The predicted molar refractivity (Wildman–Crippen MR) is 83.5 cm³/mol. The van der Waals surface area contributed by atoms with E-state index in [9.17, 15) is 9.18 Å². The molecule has 0 fully saturated rings. The number of carbonyl (C=O) groups is 1. The molecule has 0 heterocycles. The Morgan fingerprint density at radius 3 is 2.52 bits per heavy atom. The highest BCUT2D eigenvalue weighted by atomic mass is 79.9. The number of benzene rings is 2. The molecular formula is C16H15BrFNO2. The number of carbonyl (C=O) groups excluding carboxylic acids is 1. The van der Waals surface area contributed by atoms with Crippen molar-refractivity contribution in [2.75, 3.05) is 11.9 Å². The summed E-state index contributed by atoms with van der Waals surface area (Å²) in [5.41, 5.74) is 0.971. The molecule has 0 aliphatic carbocycles. The summed E-state index contributed by atoms with van der Waals surface area (Å²) < 4.78 is 19.7. The van der Waals surface area contributed by atoms with Gasteiger partial charge in [-0.05, 0) is 36.8 Å². The summed E-state index contributed by atoms with van der Waals surface area (Å²) in [6.07, 6.45) is 0. The van der Waals surface area contributed by atoms with Gasteiger partial charge in [0.2, 0.25) is 0 Å². The summed E-state index contributed by atoms with van der Waals surface area (Å²) >= 11 is 3.34. The first kappa shape index (κ1) is 15.5. The maximum atomic E-state index is 13.8. The standard InChI is InChI=1S/C16H15BrFNO2/c1-2-21-16(20)15(11-7-9-12(17)10-8-11)19-14-6-4-3-5-13(14)18/h3-10,15,19H,2H2,1H3. The van der Waals surface area contributed by atoms with Crippen LogP contribution in [-0.4, -0.2) is 12.6 Å². The summed E-state index contributed by atoms with van der Waals surface area (Å²) in [4.78, 5) is 12.1. The second kappa shape index (κ2) is 7.22. The highest BCUT2D eigenvalue weighted by Gasteiger charge is 2.22. The molecule has 2 aromatic rings. The van der Waals surface area contributed by atoms with Crippen LogP contribution in [0.15, 0.2) is 53.0 Å². The number of ether oxygens (including phenoxy) is 1. The Labute approximate surface area is 131 Å². The van der Waals surface area contributed by atoms with E-state index < -0.39 is 17.8 Å². The molecule has 0 saturated heterocycles. The number of esters is 1. The minimum atomic E-state index is -0.755. The van der Waals surface area contributed by atoms with E-state index in [1.54, 1.807) is 37.3 Å². The predicted octanol–water partition coefficient (Wildman–Crippen LogP) is 4.30. The molecule has 21 heavy (non-hydrogen) atoms. The lowest BCUT2D eigenvalue weighted by Crippen LogP contribution is -2.23. The minimum Gasteiger partial charge on any atom is -0.464 e. The smallest absolute Gasteiger partial charge is 0.333 e. The lowest BCUT2D eigenvalue weighted by molar-refractivity contribution is -0.144. The number of nitrogens with one attached hydrogen (secondary N) is 1. The zero-order chi connectivity index (χ0) is 15.2. The SMILES string of the molecule is CCOC(=O)C(Nc1ccccc1F)c1ccc(Br)cc1. The summed E-state index contributed by atoms with van der Waals surface area (Å²) in [6, 6.07) is 12.7. The van der Waals surface area contributed by atoms with Crippen molar-refractivity contribution in [2.45, 2.75) is 13.0 Å². The Hall–Kier alpha value is -1.88. The molecule has 0 amide bonds. The Morgan fingerprint density at radius 2 is 1.90 bits per heavy atom. The third kappa shape index (κ3) is 4.04. The van der Waals surface area contributed by atoms with Gasteiger partial charge in [-0.2, -0.15) is 0 Å². The number of hydrogen-bond acceptors (Lipinski definition) is 3. The summed E-state index contributed by atoms with van der Waals surface area (Å²) in [6.45, 7) is 2.00. The number of hydrogen-bond donors (Lipinski definition) is 1. The van der Waals surface area contributed by atoms with Gasteiger partial charge in [-0.15, -0.1) is 0 Å². The third-order valence-corrected chi connectivity index (χ3v) is 3.43. The highest BCUT2D eigenvalue weighted by molar-refractivity contribution is 9.10. The van der Waals surface area contributed by atoms with Crippen molar-refractivity contribution in [3.63, 3.8) is 0 Å². The van der Waals surface area contributed by atoms with Crippen molar-refractivity contribution in [1.82, 2.24) is 0 Å². The number of anilines is 1. The molecule has 110 valence electrons. The first-order valence-electron chi connectivity index (χ1n) is 6.55. The van der Waals surface area contributed by atoms with Crippen molar-refractivity contribution in [1.29, 1.82) is 0 Å². The van der Waals surface area contributed by atoms with Crippen LogP contribution in [0.5, 0.6) is 0 Å². The van der Waals surface area contributed by atoms with Crippen molar-refractivity contribution in [3.8, 4) is 0 Å². The second-order valence-corrected chi connectivity index (χ2v) is 5.28. The molecule has 0 saturated carbocycles. The fraction of sp³-hybridized carbons (Fsp3) is 0.188. The molecule has 2 aromatic carbocycles. The van der Waals surface area contributed by atoms with Gasteiger partial charge in [-0.3, -0.25) is 0 Å². The summed E-state index contributed by atoms with van der Waals surface area (Å²) in [7, 11) is 0. The molecule has 1 N–H and O–H groups in total. The monoisotopic (exact) mass is 351 g/mol. The summed E-state index contributed by atoms with van der Waals surface area (Å²) in [5.74, 6) is -0.855. The molecule has 0 radical (unpaired) electrons. The van der Waals surface area contributed by atoms with Crippen molar-refractivity contribution >= 4 is 27.6 Å². The third-order valence-electron chi connectivity index (χ3n) is 2.90. The van der Waals surface area contributed by atoms with E-state index in [-0.39, 0.29) is 12.3 Å². The average molecular weight is 352 g/mol. The quantitative estimate of drug-likeness (QED) is 0.816. The molecule has 0 bridgehead atoms. The van der Waals surface area contributed by atoms with E-state index in [1.807, 2.05) is 12.1 Å². The molecular weight excluding hydrogens is 337 g/mol. The Morgan fingerprint density at radius 1 is 1.24 bits per heavy atom. The zero-order valence-corrected chi connectivity index (χ0v) is 13.1. The Kier molecular flexibility index (Phi) is 5.33. The normalized spacial score (nSPS) is 11.8. The fourth-order valence-electron chi connectivity index (χ4n) is 1.89. The maximum Gasteiger partial charge on any atom is 0.333 e. The molecule has 1 unspecified atom stereocenters. The number of halogens is 2. The molecule has 0 aliphatic rings. The van der Waals surface area contributed by atoms with Gasteiger partial charge in [0.1, 0.15) is 5.82 Å². The van der Waals surface area contributed by atoms with Crippen LogP contribution >= 0.6 is 15.9 Å². The van der Waals surface area contributed by atoms with Gasteiger partial charge in [0.15, 0.2) is 6.04 Å². The molecule has 0 spiro atoms. The van der Waals surface area contributed by atoms with Crippen molar-refractivity contribution < 1.29 is 13.9 Å². The molecule has 0 aliphatic heterocycles. The molecule has 5 heteroatoms. The first-order chi connectivity index (χ1) is 10.1. The minimum absolute atomic E-state index is 0.262. The lowest BCUT2D eigenvalue weighted by Gasteiger charge is -2.19. The van der Waals surface area contributed by atoms with E-state index >= 15 is 0 Å². The molecule has 3 nitrogen and oxygen atoms in total. The maximum absolute atomic E-state index is 13.8. The van der Waals surface area contributed by atoms with Crippen LogP contribution in [0.3, 0.4) is 0 Å². The van der Waals surface area contributed by atoms with Crippen LogP contribution < -0.4 is 5.32 Å². The van der Waals surface area contributed by atoms with Gasteiger partial charge in [0, 0.05) is 4.47 Å². The second-order valence-electron chi connectivity index (χ2n) is 4.36. The van der Waals surface area contributed by atoms with Crippen LogP contribution in [0.1, 0.15) is 18.5 Å². The van der Waals surface area contributed by atoms with Crippen LogP contribution in [0.25, 0.3) is 0 Å². The molecule has 2 rings (SSSR count). The van der Waals surface area contributed by atoms with Gasteiger partial charge < -0.3 is 10.1 Å².